The molecule has 2 aromatic rings. The topological polar surface area (TPSA) is 53.4 Å². The SMILES string of the molecule is CC1Cc2ccccc2N(Cc2csc(C(=O)O)n2)C1. The van der Waals surface area contributed by atoms with Crippen molar-refractivity contribution < 1.29 is 9.90 Å². The summed E-state index contributed by atoms with van der Waals surface area (Å²) in [7, 11) is 0. The average Bonchev–Trinajstić information content (AvgIpc) is 2.87. The number of hydrogen-bond acceptors (Lipinski definition) is 4. The standard InChI is InChI=1S/C15H16N2O2S/c1-10-6-11-4-2-3-5-13(11)17(7-10)8-12-9-20-14(16-12)15(18)19/h2-5,9-10H,6-8H2,1H3,(H,18,19). The lowest BCUT2D eigenvalue weighted by Gasteiger charge is -2.34. The normalized spacial score (nSPS) is 17.9. The molecule has 0 radical (unpaired) electrons. The first-order valence-corrected chi connectivity index (χ1v) is 7.52. The fourth-order valence-electron chi connectivity index (χ4n) is 2.73. The molecule has 1 atom stereocenters. The molecule has 1 N–H and O–H groups in total. The Labute approximate surface area is 121 Å². The summed E-state index contributed by atoms with van der Waals surface area (Å²) in [6.45, 7) is 3.90. The molecule has 20 heavy (non-hydrogen) atoms. The van der Waals surface area contributed by atoms with Gasteiger partial charge < -0.3 is 10.0 Å². The summed E-state index contributed by atoms with van der Waals surface area (Å²) in [5.41, 5.74) is 3.44. The van der Waals surface area contributed by atoms with E-state index < -0.39 is 5.97 Å². The van der Waals surface area contributed by atoms with Gasteiger partial charge in [0.05, 0.1) is 12.2 Å². The quantitative estimate of drug-likeness (QED) is 0.943. The summed E-state index contributed by atoms with van der Waals surface area (Å²) in [5.74, 6) is -0.351. The minimum atomic E-state index is -0.950. The van der Waals surface area contributed by atoms with Crippen molar-refractivity contribution in [3.8, 4) is 0 Å². The largest absolute Gasteiger partial charge is 0.476 e. The number of aromatic carboxylic acids is 1. The molecular formula is C15H16N2O2S. The van der Waals surface area contributed by atoms with Gasteiger partial charge in [-0.25, -0.2) is 9.78 Å². The molecule has 5 heteroatoms. The van der Waals surface area contributed by atoms with E-state index in [-0.39, 0.29) is 5.01 Å². The van der Waals surface area contributed by atoms with E-state index in [1.165, 1.54) is 22.6 Å². The van der Waals surface area contributed by atoms with Gasteiger partial charge in [0.1, 0.15) is 0 Å². The molecule has 0 bridgehead atoms. The first-order valence-electron chi connectivity index (χ1n) is 6.64. The third-order valence-corrected chi connectivity index (χ3v) is 4.40. The Balaban J connectivity index is 1.85. The maximum Gasteiger partial charge on any atom is 0.365 e. The van der Waals surface area contributed by atoms with Gasteiger partial charge in [0, 0.05) is 17.6 Å². The van der Waals surface area contributed by atoms with Gasteiger partial charge in [-0.1, -0.05) is 25.1 Å². The van der Waals surface area contributed by atoms with Gasteiger partial charge in [0.15, 0.2) is 0 Å². The maximum atomic E-state index is 10.9. The molecule has 1 unspecified atom stereocenters. The Morgan fingerprint density at radius 1 is 1.50 bits per heavy atom. The van der Waals surface area contributed by atoms with Crippen molar-refractivity contribution in [2.24, 2.45) is 5.92 Å². The van der Waals surface area contributed by atoms with Crippen LogP contribution in [-0.4, -0.2) is 22.6 Å². The molecule has 4 nitrogen and oxygen atoms in total. The smallest absolute Gasteiger partial charge is 0.365 e. The molecule has 0 fully saturated rings. The van der Waals surface area contributed by atoms with Crippen molar-refractivity contribution in [3.63, 3.8) is 0 Å². The van der Waals surface area contributed by atoms with Gasteiger partial charge in [-0.15, -0.1) is 11.3 Å². The van der Waals surface area contributed by atoms with Crippen LogP contribution in [0.1, 0.15) is 28.0 Å². The number of carbonyl (C=O) groups is 1. The lowest BCUT2D eigenvalue weighted by molar-refractivity contribution is 0.0696. The molecule has 0 amide bonds. The van der Waals surface area contributed by atoms with Gasteiger partial charge in [0.2, 0.25) is 5.01 Å². The second-order valence-corrected chi connectivity index (χ2v) is 6.13. The number of aromatic nitrogens is 1. The van der Waals surface area contributed by atoms with Crippen LogP contribution in [0.3, 0.4) is 0 Å². The number of rotatable bonds is 3. The zero-order chi connectivity index (χ0) is 14.1. The minimum Gasteiger partial charge on any atom is -0.476 e. The number of carboxylic acid groups (broad SMARTS) is 1. The van der Waals surface area contributed by atoms with Crippen LogP contribution in [0, 0.1) is 5.92 Å². The number of nitrogens with zero attached hydrogens (tertiary/aromatic N) is 2. The molecule has 0 aliphatic carbocycles. The van der Waals surface area contributed by atoms with Crippen LogP contribution >= 0.6 is 11.3 Å². The van der Waals surface area contributed by atoms with Crippen LogP contribution in [0.15, 0.2) is 29.6 Å². The first kappa shape index (κ1) is 13.1. The van der Waals surface area contributed by atoms with Gasteiger partial charge >= 0.3 is 5.97 Å². The number of para-hydroxylation sites is 1. The zero-order valence-corrected chi connectivity index (χ0v) is 12.1. The molecular weight excluding hydrogens is 272 g/mol. The predicted octanol–water partition coefficient (Wildman–Crippen LogP) is 3.04. The van der Waals surface area contributed by atoms with Crippen LogP contribution in [0.2, 0.25) is 0 Å². The number of fused-ring (bicyclic) bond motifs is 1. The van der Waals surface area contributed by atoms with E-state index in [0.29, 0.717) is 12.5 Å². The highest BCUT2D eigenvalue weighted by Gasteiger charge is 2.22. The van der Waals surface area contributed by atoms with Gasteiger partial charge in [-0.05, 0) is 24.0 Å². The highest BCUT2D eigenvalue weighted by atomic mass is 32.1. The van der Waals surface area contributed by atoms with Crippen LogP contribution in [-0.2, 0) is 13.0 Å². The number of hydrogen-bond donors (Lipinski definition) is 1. The second kappa shape index (κ2) is 5.25. The Hall–Kier alpha value is -1.88. The number of benzene rings is 1. The zero-order valence-electron chi connectivity index (χ0n) is 11.2. The Kier molecular flexibility index (Phi) is 3.44. The summed E-state index contributed by atoms with van der Waals surface area (Å²) in [5, 5.41) is 10.9. The van der Waals surface area contributed by atoms with Crippen LogP contribution in [0.4, 0.5) is 5.69 Å². The highest BCUT2D eigenvalue weighted by Crippen LogP contribution is 2.30. The first-order chi connectivity index (χ1) is 9.63. The van der Waals surface area contributed by atoms with E-state index in [4.69, 9.17) is 5.11 Å². The number of carboxylic acids is 1. The second-order valence-electron chi connectivity index (χ2n) is 5.27. The molecule has 1 aliphatic rings. The van der Waals surface area contributed by atoms with E-state index in [2.05, 4.69) is 35.0 Å². The molecule has 1 aromatic carbocycles. The van der Waals surface area contributed by atoms with Crippen molar-refractivity contribution in [3.05, 3.63) is 45.9 Å². The van der Waals surface area contributed by atoms with Crippen LogP contribution in [0.5, 0.6) is 0 Å². The molecule has 0 saturated heterocycles. The van der Waals surface area contributed by atoms with Crippen molar-refractivity contribution in [2.45, 2.75) is 19.9 Å². The van der Waals surface area contributed by atoms with Gasteiger partial charge in [0.25, 0.3) is 0 Å². The summed E-state index contributed by atoms with van der Waals surface area (Å²) in [4.78, 5) is 17.4. The summed E-state index contributed by atoms with van der Waals surface area (Å²) in [6.07, 6.45) is 1.10. The Morgan fingerprint density at radius 3 is 3.05 bits per heavy atom. The number of anilines is 1. The third-order valence-electron chi connectivity index (χ3n) is 3.52. The number of thiazole rings is 1. The lowest BCUT2D eigenvalue weighted by atomic mass is 9.94. The fraction of sp³-hybridized carbons (Fsp3) is 0.333. The van der Waals surface area contributed by atoms with Gasteiger partial charge in [-0.2, -0.15) is 0 Å². The van der Waals surface area contributed by atoms with E-state index in [0.717, 1.165) is 18.7 Å². The summed E-state index contributed by atoms with van der Waals surface area (Å²) >= 11 is 1.19. The third kappa shape index (κ3) is 2.54. The summed E-state index contributed by atoms with van der Waals surface area (Å²) < 4.78 is 0. The van der Waals surface area contributed by atoms with E-state index in [1.54, 1.807) is 0 Å². The monoisotopic (exact) mass is 288 g/mol. The van der Waals surface area contributed by atoms with Gasteiger partial charge in [-0.3, -0.25) is 0 Å². The van der Waals surface area contributed by atoms with Crippen LogP contribution < -0.4 is 4.90 Å². The van der Waals surface area contributed by atoms with Crippen LogP contribution in [0.25, 0.3) is 0 Å². The minimum absolute atomic E-state index is 0.165. The fourth-order valence-corrected chi connectivity index (χ4v) is 3.38. The van der Waals surface area contributed by atoms with E-state index in [1.807, 2.05) is 11.4 Å². The molecule has 104 valence electrons. The Bertz CT molecular complexity index is 638. The van der Waals surface area contributed by atoms with Crippen molar-refractivity contribution >= 4 is 23.0 Å². The Morgan fingerprint density at radius 2 is 2.30 bits per heavy atom. The van der Waals surface area contributed by atoms with Crippen molar-refractivity contribution in [1.82, 2.24) is 4.98 Å². The summed E-state index contributed by atoms with van der Waals surface area (Å²) in [6, 6.07) is 8.42. The lowest BCUT2D eigenvalue weighted by Crippen LogP contribution is -2.33. The molecule has 1 aliphatic heterocycles. The predicted molar refractivity (Wildman–Crippen MR) is 79.4 cm³/mol. The van der Waals surface area contributed by atoms with Crippen molar-refractivity contribution in [1.29, 1.82) is 0 Å². The molecule has 0 saturated carbocycles. The maximum absolute atomic E-state index is 10.9. The molecule has 0 spiro atoms. The highest BCUT2D eigenvalue weighted by molar-refractivity contribution is 7.11. The van der Waals surface area contributed by atoms with E-state index in [9.17, 15) is 4.79 Å². The average molecular weight is 288 g/mol. The van der Waals surface area contributed by atoms with Crippen molar-refractivity contribution in [2.75, 3.05) is 11.4 Å². The van der Waals surface area contributed by atoms with E-state index >= 15 is 0 Å². The molecule has 3 rings (SSSR count). The molecule has 2 heterocycles. The molecule has 1 aromatic heterocycles.